The molecule has 1 fully saturated rings. The molecule has 1 saturated heterocycles. The zero-order chi connectivity index (χ0) is 20.8. The molecule has 0 aromatic carbocycles. The highest BCUT2D eigenvalue weighted by Crippen LogP contribution is 2.37. The van der Waals surface area contributed by atoms with E-state index in [1.54, 1.807) is 37.6 Å². The molecule has 2 atom stereocenters. The van der Waals surface area contributed by atoms with Crippen LogP contribution < -0.4 is 0 Å². The highest BCUT2D eigenvalue weighted by Gasteiger charge is 2.34. The number of aliphatic hydroxyl groups is 1. The zero-order valence-electron chi connectivity index (χ0n) is 17.0. The van der Waals surface area contributed by atoms with E-state index in [-0.39, 0.29) is 17.9 Å². The number of carbonyl (C=O) groups excluding carboxylic acids is 1. The molecule has 29 heavy (non-hydrogen) atoms. The van der Waals surface area contributed by atoms with Gasteiger partial charge in [-0.3, -0.25) is 4.79 Å². The summed E-state index contributed by atoms with van der Waals surface area (Å²) in [6.45, 7) is 8.25. The summed E-state index contributed by atoms with van der Waals surface area (Å²) in [6, 6.07) is 0.159. The third-order valence-electron chi connectivity index (χ3n) is 5.39. The van der Waals surface area contributed by atoms with Crippen LogP contribution in [0.25, 0.3) is 5.69 Å². The van der Waals surface area contributed by atoms with E-state index < -0.39 is 5.60 Å². The second-order valence-electron chi connectivity index (χ2n) is 8.09. The minimum atomic E-state index is -0.960. The Hall–Kier alpha value is -2.10. The van der Waals surface area contributed by atoms with Crippen LogP contribution in [0.3, 0.4) is 0 Å². The summed E-state index contributed by atoms with van der Waals surface area (Å²) in [5.74, 6) is 0.187. The van der Waals surface area contributed by atoms with Gasteiger partial charge in [-0.05, 0) is 40.5 Å². The van der Waals surface area contributed by atoms with E-state index in [0.717, 1.165) is 28.4 Å². The third kappa shape index (κ3) is 3.86. The van der Waals surface area contributed by atoms with E-state index in [1.165, 1.54) is 16.1 Å². The highest BCUT2D eigenvalue weighted by atomic mass is 32.1. The molecule has 0 aliphatic carbocycles. The number of nitrogens with zero attached hydrogens (tertiary/aromatic N) is 5. The number of aromatic nitrogens is 4. The van der Waals surface area contributed by atoms with Crippen molar-refractivity contribution in [3.05, 3.63) is 44.3 Å². The first-order valence-electron chi connectivity index (χ1n) is 9.69. The Morgan fingerprint density at radius 1 is 1.24 bits per heavy atom. The third-order valence-corrected chi connectivity index (χ3v) is 7.26. The fraction of sp³-hybridized carbons (Fsp3) is 0.500. The maximum atomic E-state index is 13.4. The summed E-state index contributed by atoms with van der Waals surface area (Å²) in [5, 5.41) is 23.5. The molecule has 1 aliphatic heterocycles. The molecule has 0 spiro atoms. The number of thiazole rings is 1. The zero-order valence-corrected chi connectivity index (χ0v) is 18.6. The molecule has 1 N–H and O–H groups in total. The van der Waals surface area contributed by atoms with Gasteiger partial charge in [0, 0.05) is 34.1 Å². The lowest BCUT2D eigenvalue weighted by Gasteiger charge is -2.37. The van der Waals surface area contributed by atoms with Gasteiger partial charge in [0.1, 0.15) is 11.3 Å². The molecule has 154 valence electrons. The highest BCUT2D eigenvalue weighted by molar-refractivity contribution is 7.11. The molecule has 9 heteroatoms. The average molecular weight is 432 g/mol. The largest absolute Gasteiger partial charge is 0.384 e. The van der Waals surface area contributed by atoms with Crippen molar-refractivity contribution in [3.8, 4) is 5.69 Å². The first-order valence-corrected chi connectivity index (χ1v) is 11.5. The summed E-state index contributed by atoms with van der Waals surface area (Å²) in [4.78, 5) is 22.6. The number of carbonyl (C=O) groups is 1. The molecule has 0 saturated carbocycles. The van der Waals surface area contributed by atoms with Crippen molar-refractivity contribution < 1.29 is 9.90 Å². The van der Waals surface area contributed by atoms with Gasteiger partial charge in [0.25, 0.3) is 5.91 Å². The monoisotopic (exact) mass is 431 g/mol. The summed E-state index contributed by atoms with van der Waals surface area (Å²) < 4.78 is 0. The number of amides is 1. The minimum Gasteiger partial charge on any atom is -0.384 e. The van der Waals surface area contributed by atoms with Crippen LogP contribution in [0.2, 0.25) is 0 Å². The minimum absolute atomic E-state index is 0.00624. The molecule has 7 nitrogen and oxygen atoms in total. The number of likely N-dealkylation sites (tertiary alicyclic amines) is 1. The van der Waals surface area contributed by atoms with E-state index in [9.17, 15) is 9.90 Å². The Bertz CT molecular complexity index is 1000. The van der Waals surface area contributed by atoms with Gasteiger partial charge in [-0.1, -0.05) is 0 Å². The van der Waals surface area contributed by atoms with Crippen molar-refractivity contribution >= 4 is 28.6 Å². The first kappa shape index (κ1) is 20.2. The predicted molar refractivity (Wildman–Crippen MR) is 114 cm³/mol. The van der Waals surface area contributed by atoms with Gasteiger partial charge < -0.3 is 10.0 Å². The quantitative estimate of drug-likeness (QED) is 0.680. The average Bonchev–Trinajstić information content (AvgIpc) is 3.40. The molecule has 3 aromatic heterocycles. The van der Waals surface area contributed by atoms with E-state index >= 15 is 0 Å². The van der Waals surface area contributed by atoms with Crippen molar-refractivity contribution in [2.24, 2.45) is 0 Å². The van der Waals surface area contributed by atoms with Crippen molar-refractivity contribution in [2.45, 2.75) is 58.1 Å². The van der Waals surface area contributed by atoms with Crippen LogP contribution in [0, 0.1) is 6.92 Å². The van der Waals surface area contributed by atoms with Crippen LogP contribution in [-0.4, -0.2) is 48.5 Å². The van der Waals surface area contributed by atoms with Crippen molar-refractivity contribution in [1.82, 2.24) is 24.9 Å². The molecule has 1 amide bonds. The van der Waals surface area contributed by atoms with Gasteiger partial charge in [-0.15, -0.1) is 27.5 Å². The number of rotatable bonds is 4. The Morgan fingerprint density at radius 2 is 1.97 bits per heavy atom. The van der Waals surface area contributed by atoms with Crippen LogP contribution in [-0.2, 0) is 5.60 Å². The standard InChI is InChI=1S/C20H25N5O2S2/c1-12-5-6-14(18-23-17(13(2)29-18)20(3,4)27)9-24(12)19(26)15-10-28-11-16(15)25-21-7-8-22-25/h7-8,10-12,14,27H,5-6,9H2,1-4H3/t12-,14-/m1/s1. The van der Waals surface area contributed by atoms with Crippen molar-refractivity contribution in [2.75, 3.05) is 6.54 Å². The fourth-order valence-corrected chi connectivity index (χ4v) is 5.83. The van der Waals surface area contributed by atoms with Gasteiger partial charge in [0.05, 0.1) is 28.7 Å². The van der Waals surface area contributed by atoms with E-state index in [1.807, 2.05) is 22.6 Å². The van der Waals surface area contributed by atoms with Gasteiger partial charge in [-0.25, -0.2) is 4.98 Å². The lowest BCUT2D eigenvalue weighted by atomic mass is 9.93. The van der Waals surface area contributed by atoms with Gasteiger partial charge >= 0.3 is 0 Å². The van der Waals surface area contributed by atoms with Gasteiger partial charge in [0.2, 0.25) is 0 Å². The molecule has 4 rings (SSSR count). The van der Waals surface area contributed by atoms with E-state index in [4.69, 9.17) is 4.98 Å². The van der Waals surface area contributed by atoms with Crippen LogP contribution >= 0.6 is 22.7 Å². The molecule has 0 bridgehead atoms. The second kappa shape index (κ2) is 7.62. The Balaban J connectivity index is 1.59. The number of aryl methyl sites for hydroxylation is 1. The molecule has 4 heterocycles. The Kier molecular flexibility index (Phi) is 5.30. The van der Waals surface area contributed by atoms with Crippen LogP contribution in [0.15, 0.2) is 23.2 Å². The summed E-state index contributed by atoms with van der Waals surface area (Å²) >= 11 is 3.11. The Labute approximate surface area is 178 Å². The molecular formula is C20H25N5O2S2. The Morgan fingerprint density at radius 3 is 2.62 bits per heavy atom. The topological polar surface area (TPSA) is 84.1 Å². The molecule has 3 aromatic rings. The normalized spacial score (nSPS) is 20.2. The lowest BCUT2D eigenvalue weighted by Crippen LogP contribution is -2.45. The summed E-state index contributed by atoms with van der Waals surface area (Å²) in [7, 11) is 0. The molecular weight excluding hydrogens is 406 g/mol. The van der Waals surface area contributed by atoms with Gasteiger partial charge in [0.15, 0.2) is 0 Å². The molecule has 0 radical (unpaired) electrons. The first-order chi connectivity index (χ1) is 13.8. The number of hydrogen-bond donors (Lipinski definition) is 1. The summed E-state index contributed by atoms with van der Waals surface area (Å²) in [6.07, 6.45) is 5.12. The van der Waals surface area contributed by atoms with Crippen molar-refractivity contribution in [1.29, 1.82) is 0 Å². The SMILES string of the molecule is Cc1sc([C@@H]2CC[C@@H](C)N(C(=O)c3cscc3-n3nccn3)C2)nc1C(C)(C)O. The maximum absolute atomic E-state index is 13.4. The smallest absolute Gasteiger partial charge is 0.257 e. The van der Waals surface area contributed by atoms with Crippen LogP contribution in [0.1, 0.15) is 65.5 Å². The molecule has 0 unspecified atom stereocenters. The maximum Gasteiger partial charge on any atom is 0.257 e. The van der Waals surface area contributed by atoms with E-state index in [2.05, 4.69) is 17.1 Å². The number of hydrogen-bond acceptors (Lipinski definition) is 7. The van der Waals surface area contributed by atoms with Crippen LogP contribution in [0.5, 0.6) is 0 Å². The predicted octanol–water partition coefficient (Wildman–Crippen LogP) is 3.73. The fourth-order valence-electron chi connectivity index (χ4n) is 3.85. The van der Waals surface area contributed by atoms with Crippen LogP contribution in [0.4, 0.5) is 0 Å². The number of thiophene rings is 1. The second-order valence-corrected chi connectivity index (χ2v) is 10.1. The van der Waals surface area contributed by atoms with Gasteiger partial charge in [-0.2, -0.15) is 10.2 Å². The number of piperidine rings is 1. The van der Waals surface area contributed by atoms with Crippen molar-refractivity contribution in [3.63, 3.8) is 0 Å². The lowest BCUT2D eigenvalue weighted by molar-refractivity contribution is 0.0605. The molecule has 1 aliphatic rings. The summed E-state index contributed by atoms with van der Waals surface area (Å²) in [5.41, 5.74) is 1.12. The van der Waals surface area contributed by atoms with E-state index in [0.29, 0.717) is 17.8 Å².